The highest BCUT2D eigenvalue weighted by Gasteiger charge is 2.32. The average molecular weight is 529 g/mol. The molecule has 0 saturated heterocycles. The van der Waals surface area contributed by atoms with Gasteiger partial charge < -0.3 is 19.9 Å². The second kappa shape index (κ2) is 10.7. The number of aromatic nitrogens is 5. The van der Waals surface area contributed by atoms with E-state index in [4.69, 9.17) is 14.7 Å². The summed E-state index contributed by atoms with van der Waals surface area (Å²) >= 11 is 0. The second-order valence-electron chi connectivity index (χ2n) is 10.7. The fraction of sp³-hybridized carbons (Fsp3) is 0.448. The van der Waals surface area contributed by atoms with Crippen LogP contribution in [0, 0.1) is 18.8 Å². The average Bonchev–Trinajstić information content (AvgIpc) is 3.63. The lowest BCUT2D eigenvalue weighted by Crippen LogP contribution is -2.20. The summed E-state index contributed by atoms with van der Waals surface area (Å²) < 4.78 is 10.2. The lowest BCUT2D eigenvalue weighted by atomic mass is 9.97. The van der Waals surface area contributed by atoms with Gasteiger partial charge in [-0.05, 0) is 81.8 Å². The first-order chi connectivity index (χ1) is 19.0. The van der Waals surface area contributed by atoms with E-state index in [-0.39, 0.29) is 5.91 Å². The normalized spacial score (nSPS) is 17.9. The first-order valence-electron chi connectivity index (χ1n) is 13.8. The first-order valence-corrected chi connectivity index (χ1v) is 13.8. The molecule has 2 aliphatic rings. The SMILES string of the molecule is CNCCNc1ccc2nc3n(c2c1)CC(C1CC1)CCCOc1c(cnn1C)-c1cc(cc(C)n1)C(=O)N3. The fourth-order valence-electron chi connectivity index (χ4n) is 5.52. The van der Waals surface area contributed by atoms with Crippen molar-refractivity contribution in [2.45, 2.75) is 39.2 Å². The third-order valence-electron chi connectivity index (χ3n) is 7.72. The summed E-state index contributed by atoms with van der Waals surface area (Å²) in [7, 11) is 3.82. The molecule has 2 bridgehead atoms. The first kappa shape index (κ1) is 25.4. The number of ether oxygens (including phenoxy) is 1. The Morgan fingerprint density at radius 3 is 2.79 bits per heavy atom. The summed E-state index contributed by atoms with van der Waals surface area (Å²) in [5, 5.41) is 14.2. The Morgan fingerprint density at radius 1 is 1.10 bits per heavy atom. The Balaban J connectivity index is 1.42. The van der Waals surface area contributed by atoms with Gasteiger partial charge >= 0.3 is 0 Å². The highest BCUT2D eigenvalue weighted by atomic mass is 16.5. The van der Waals surface area contributed by atoms with Gasteiger partial charge in [-0.3, -0.25) is 15.1 Å². The smallest absolute Gasteiger partial charge is 0.258 e. The Hall–Kier alpha value is -3.92. The lowest BCUT2D eigenvalue weighted by molar-refractivity contribution is 0.102. The molecule has 10 nitrogen and oxygen atoms in total. The molecule has 4 aromatic rings. The summed E-state index contributed by atoms with van der Waals surface area (Å²) in [5.74, 6) is 2.21. The Bertz CT molecular complexity index is 1500. The quantitative estimate of drug-likeness (QED) is 0.333. The molecule has 1 amide bonds. The lowest BCUT2D eigenvalue weighted by Gasteiger charge is -2.20. The standard InChI is InChI=1S/C29H36N8O2/c1-18-13-21-14-25(33-18)23-16-32-36(3)28(23)39-12-4-5-20(19-6-7-19)17-37-26-15-22(31-11-10-30-2)8-9-24(26)34-29(37)35-27(21)38/h8-9,13-16,19-20,30-31H,4-7,10-12,17H2,1-3H3,(H,34,35,38). The number of hydrogen-bond acceptors (Lipinski definition) is 7. The highest BCUT2D eigenvalue weighted by Crippen LogP contribution is 2.41. The van der Waals surface area contributed by atoms with Crippen molar-refractivity contribution in [1.29, 1.82) is 0 Å². The number of rotatable bonds is 5. The maximum absolute atomic E-state index is 13.6. The molecule has 1 fully saturated rings. The summed E-state index contributed by atoms with van der Waals surface area (Å²) in [5.41, 5.74) is 5.66. The van der Waals surface area contributed by atoms with Gasteiger partial charge in [0, 0.05) is 43.6 Å². The Morgan fingerprint density at radius 2 is 1.97 bits per heavy atom. The van der Waals surface area contributed by atoms with Crippen molar-refractivity contribution in [3.63, 3.8) is 0 Å². The minimum Gasteiger partial charge on any atom is -0.477 e. The third kappa shape index (κ3) is 5.34. The topological polar surface area (TPSA) is 111 Å². The number of fused-ring (bicyclic) bond motifs is 7. The van der Waals surface area contributed by atoms with E-state index in [9.17, 15) is 4.79 Å². The molecular weight excluding hydrogens is 492 g/mol. The molecule has 39 heavy (non-hydrogen) atoms. The third-order valence-corrected chi connectivity index (χ3v) is 7.72. The number of carbonyl (C=O) groups is 1. The van der Waals surface area contributed by atoms with Gasteiger partial charge in [0.2, 0.25) is 11.8 Å². The predicted octanol–water partition coefficient (Wildman–Crippen LogP) is 4.22. The summed E-state index contributed by atoms with van der Waals surface area (Å²) in [6.07, 6.45) is 6.23. The largest absolute Gasteiger partial charge is 0.477 e. The zero-order valence-corrected chi connectivity index (χ0v) is 22.8. The van der Waals surface area contributed by atoms with E-state index < -0.39 is 0 Å². The van der Waals surface area contributed by atoms with Crippen LogP contribution in [-0.2, 0) is 13.6 Å². The van der Waals surface area contributed by atoms with Crippen molar-refractivity contribution in [2.24, 2.45) is 18.9 Å². The van der Waals surface area contributed by atoms with Crippen molar-refractivity contribution in [3.8, 4) is 17.1 Å². The number of aryl methyl sites for hydroxylation is 2. The number of hydrogen-bond donors (Lipinski definition) is 3. The van der Waals surface area contributed by atoms with E-state index in [0.29, 0.717) is 41.5 Å². The number of anilines is 2. The van der Waals surface area contributed by atoms with Gasteiger partial charge in [-0.25, -0.2) is 9.67 Å². The number of likely N-dealkylation sites (N-methyl/N-ethyl adjacent to an activating group) is 1. The fourth-order valence-corrected chi connectivity index (χ4v) is 5.52. The molecule has 1 aromatic carbocycles. The van der Waals surface area contributed by atoms with Gasteiger partial charge in [-0.15, -0.1) is 0 Å². The van der Waals surface area contributed by atoms with E-state index in [1.165, 1.54) is 12.8 Å². The number of imidazole rings is 1. The molecule has 1 saturated carbocycles. The van der Waals surface area contributed by atoms with Gasteiger partial charge in [-0.1, -0.05) is 0 Å². The zero-order chi connectivity index (χ0) is 26.9. The highest BCUT2D eigenvalue weighted by molar-refractivity contribution is 6.05. The number of benzene rings is 1. The van der Waals surface area contributed by atoms with Crippen LogP contribution in [0.4, 0.5) is 11.6 Å². The summed E-state index contributed by atoms with van der Waals surface area (Å²) in [4.78, 5) is 23.2. The van der Waals surface area contributed by atoms with Crippen LogP contribution >= 0.6 is 0 Å². The molecule has 0 spiro atoms. The van der Waals surface area contributed by atoms with Gasteiger partial charge in [0.1, 0.15) is 0 Å². The van der Waals surface area contributed by atoms with Gasteiger partial charge in [-0.2, -0.15) is 5.10 Å². The van der Waals surface area contributed by atoms with Gasteiger partial charge in [0.15, 0.2) is 0 Å². The van der Waals surface area contributed by atoms with Crippen molar-refractivity contribution < 1.29 is 9.53 Å². The number of nitrogens with zero attached hydrogens (tertiary/aromatic N) is 5. The molecule has 1 unspecified atom stereocenters. The van der Waals surface area contributed by atoms with Crippen LogP contribution in [0.1, 0.15) is 41.7 Å². The number of nitrogens with one attached hydrogen (secondary N) is 3. The monoisotopic (exact) mass is 528 g/mol. The molecular formula is C29H36N8O2. The molecule has 1 aliphatic heterocycles. The molecule has 10 heteroatoms. The molecule has 0 radical (unpaired) electrons. The van der Waals surface area contributed by atoms with Crippen LogP contribution in [0.15, 0.2) is 36.5 Å². The minimum absolute atomic E-state index is 0.213. The van der Waals surface area contributed by atoms with Crippen LogP contribution in [0.25, 0.3) is 22.3 Å². The Labute approximate surface area is 228 Å². The molecule has 3 aromatic heterocycles. The molecule has 1 aliphatic carbocycles. The summed E-state index contributed by atoms with van der Waals surface area (Å²) in [6.45, 7) is 4.99. The molecule has 3 N–H and O–H groups in total. The van der Waals surface area contributed by atoms with Crippen LogP contribution in [0.3, 0.4) is 0 Å². The Kier molecular flexibility index (Phi) is 6.95. The van der Waals surface area contributed by atoms with Crippen LogP contribution in [0.2, 0.25) is 0 Å². The van der Waals surface area contributed by atoms with E-state index in [2.05, 4.69) is 31.7 Å². The summed E-state index contributed by atoms with van der Waals surface area (Å²) in [6, 6.07) is 9.83. The van der Waals surface area contributed by atoms with E-state index >= 15 is 0 Å². The van der Waals surface area contributed by atoms with Crippen molar-refractivity contribution in [2.75, 3.05) is 37.4 Å². The van der Waals surface area contributed by atoms with Crippen LogP contribution < -0.4 is 20.7 Å². The maximum atomic E-state index is 13.6. The van der Waals surface area contributed by atoms with Crippen LogP contribution in [0.5, 0.6) is 5.88 Å². The molecule has 204 valence electrons. The van der Waals surface area contributed by atoms with Gasteiger partial charge in [0.25, 0.3) is 5.91 Å². The molecule has 1 atom stereocenters. The predicted molar refractivity (Wildman–Crippen MR) is 152 cm³/mol. The molecule has 4 heterocycles. The number of carbonyl (C=O) groups excluding carboxylic acids is 1. The minimum atomic E-state index is -0.213. The second-order valence-corrected chi connectivity index (χ2v) is 10.7. The van der Waals surface area contributed by atoms with Crippen molar-refractivity contribution in [1.82, 2.24) is 29.6 Å². The zero-order valence-electron chi connectivity index (χ0n) is 22.8. The molecule has 6 rings (SSSR count). The van der Waals surface area contributed by atoms with Crippen LogP contribution in [-0.4, -0.2) is 57.0 Å². The number of pyridine rings is 1. The number of amides is 1. The van der Waals surface area contributed by atoms with Crippen molar-refractivity contribution in [3.05, 3.63) is 47.8 Å². The van der Waals surface area contributed by atoms with E-state index in [1.54, 1.807) is 23.0 Å². The maximum Gasteiger partial charge on any atom is 0.258 e. The van der Waals surface area contributed by atoms with Gasteiger partial charge in [0.05, 0.1) is 35.1 Å². The van der Waals surface area contributed by atoms with Crippen molar-refractivity contribution >= 4 is 28.6 Å². The van der Waals surface area contributed by atoms with E-state index in [1.807, 2.05) is 33.2 Å². The van der Waals surface area contributed by atoms with E-state index in [0.717, 1.165) is 60.5 Å².